The fraction of sp³-hybridized carbons (Fsp3) is 0.211. The summed E-state index contributed by atoms with van der Waals surface area (Å²) in [6, 6.07) is 14.5. The lowest BCUT2D eigenvalue weighted by atomic mass is 9.99. The highest BCUT2D eigenvalue weighted by molar-refractivity contribution is 7.91. The van der Waals surface area contributed by atoms with Crippen LogP contribution in [-0.4, -0.2) is 38.1 Å². The standard InChI is InChI=1S/C19H17F2NO3S/c20-19(21)26(24,25)17-8-6-16(7-9-17)18(23)22-12-10-15(11-13-22)14-4-2-1-3-5-14/h1-10,19H,11-13H2. The molecular formula is C19H17F2NO3S. The molecule has 0 radical (unpaired) electrons. The molecule has 0 aliphatic carbocycles. The van der Waals surface area contributed by atoms with E-state index in [1.165, 1.54) is 17.7 Å². The SMILES string of the molecule is O=C(c1ccc(S(=O)(=O)C(F)F)cc1)N1CC=C(c2ccccc2)CC1. The maximum atomic E-state index is 12.6. The van der Waals surface area contributed by atoms with Gasteiger partial charge in [0.1, 0.15) is 0 Å². The molecule has 1 aliphatic heterocycles. The van der Waals surface area contributed by atoms with Crippen molar-refractivity contribution in [3.8, 4) is 0 Å². The molecule has 2 aromatic rings. The number of nitrogens with zero attached hydrogens (tertiary/aromatic N) is 1. The van der Waals surface area contributed by atoms with E-state index in [4.69, 9.17) is 0 Å². The molecule has 136 valence electrons. The van der Waals surface area contributed by atoms with Gasteiger partial charge in [-0.05, 0) is 41.8 Å². The monoisotopic (exact) mass is 377 g/mol. The Morgan fingerprint density at radius 2 is 1.65 bits per heavy atom. The van der Waals surface area contributed by atoms with Crippen LogP contribution in [0.1, 0.15) is 22.3 Å². The van der Waals surface area contributed by atoms with Gasteiger partial charge in [-0.2, -0.15) is 8.78 Å². The number of hydrogen-bond donors (Lipinski definition) is 0. The summed E-state index contributed by atoms with van der Waals surface area (Å²) in [6.45, 7) is 0.983. The van der Waals surface area contributed by atoms with Gasteiger partial charge in [0, 0.05) is 18.7 Å². The molecule has 1 heterocycles. The Morgan fingerprint density at radius 3 is 2.19 bits per heavy atom. The number of hydrogen-bond acceptors (Lipinski definition) is 3. The van der Waals surface area contributed by atoms with Gasteiger partial charge in [-0.15, -0.1) is 0 Å². The summed E-state index contributed by atoms with van der Waals surface area (Å²) in [4.78, 5) is 13.7. The first-order chi connectivity index (χ1) is 12.4. The van der Waals surface area contributed by atoms with Crippen LogP contribution in [0.4, 0.5) is 8.78 Å². The van der Waals surface area contributed by atoms with Gasteiger partial charge in [-0.3, -0.25) is 4.79 Å². The molecule has 0 saturated carbocycles. The molecule has 4 nitrogen and oxygen atoms in total. The third-order valence-electron chi connectivity index (χ3n) is 4.31. The zero-order valence-electron chi connectivity index (χ0n) is 13.8. The molecule has 0 N–H and O–H groups in total. The van der Waals surface area contributed by atoms with Crippen LogP contribution < -0.4 is 0 Å². The third-order valence-corrected chi connectivity index (χ3v) is 5.70. The first-order valence-corrected chi connectivity index (χ1v) is 9.60. The number of carbonyl (C=O) groups is 1. The molecule has 26 heavy (non-hydrogen) atoms. The lowest BCUT2D eigenvalue weighted by molar-refractivity contribution is 0.0773. The normalized spacial score (nSPS) is 15.0. The molecule has 0 unspecified atom stereocenters. The van der Waals surface area contributed by atoms with Gasteiger partial charge in [-0.25, -0.2) is 8.42 Å². The first kappa shape index (κ1) is 18.3. The summed E-state index contributed by atoms with van der Waals surface area (Å²) in [5.41, 5.74) is 2.57. The van der Waals surface area contributed by atoms with Crippen molar-refractivity contribution < 1.29 is 22.0 Å². The molecule has 0 saturated heterocycles. The molecule has 1 amide bonds. The van der Waals surface area contributed by atoms with Gasteiger partial charge in [0.2, 0.25) is 9.84 Å². The van der Waals surface area contributed by atoms with E-state index in [9.17, 15) is 22.0 Å². The predicted molar refractivity (Wildman–Crippen MR) is 94.6 cm³/mol. The van der Waals surface area contributed by atoms with E-state index in [1.807, 2.05) is 36.4 Å². The molecule has 0 aromatic heterocycles. The fourth-order valence-electron chi connectivity index (χ4n) is 2.84. The predicted octanol–water partition coefficient (Wildman–Crippen LogP) is 3.61. The van der Waals surface area contributed by atoms with E-state index in [2.05, 4.69) is 0 Å². The minimum absolute atomic E-state index is 0.255. The Bertz CT molecular complexity index is 923. The average Bonchev–Trinajstić information content (AvgIpc) is 2.68. The number of rotatable bonds is 4. The summed E-state index contributed by atoms with van der Waals surface area (Å²) < 4.78 is 48.0. The minimum Gasteiger partial charge on any atom is -0.335 e. The van der Waals surface area contributed by atoms with Gasteiger partial charge in [0.15, 0.2) is 0 Å². The molecule has 0 bridgehead atoms. The quantitative estimate of drug-likeness (QED) is 0.818. The largest absolute Gasteiger partial charge is 0.341 e. The highest BCUT2D eigenvalue weighted by Gasteiger charge is 2.27. The van der Waals surface area contributed by atoms with Crippen LogP contribution >= 0.6 is 0 Å². The molecule has 0 atom stereocenters. The van der Waals surface area contributed by atoms with Gasteiger partial charge in [0.05, 0.1) is 4.90 Å². The summed E-state index contributed by atoms with van der Waals surface area (Å²) in [6.07, 6.45) is 2.71. The van der Waals surface area contributed by atoms with Crippen molar-refractivity contribution in [3.05, 3.63) is 71.8 Å². The van der Waals surface area contributed by atoms with Crippen LogP contribution in [0.15, 0.2) is 65.6 Å². The van der Waals surface area contributed by atoms with Gasteiger partial charge in [0.25, 0.3) is 5.91 Å². The van der Waals surface area contributed by atoms with Crippen molar-refractivity contribution >= 4 is 21.3 Å². The first-order valence-electron chi connectivity index (χ1n) is 8.05. The number of amides is 1. The number of sulfone groups is 1. The molecule has 0 fully saturated rings. The van der Waals surface area contributed by atoms with E-state index >= 15 is 0 Å². The zero-order valence-corrected chi connectivity index (χ0v) is 14.6. The summed E-state index contributed by atoms with van der Waals surface area (Å²) in [5, 5.41) is 0. The van der Waals surface area contributed by atoms with Crippen molar-refractivity contribution in [2.24, 2.45) is 0 Å². The second-order valence-corrected chi connectivity index (χ2v) is 7.84. The van der Waals surface area contributed by atoms with E-state index in [-0.39, 0.29) is 11.5 Å². The molecule has 1 aliphatic rings. The average molecular weight is 377 g/mol. The lowest BCUT2D eigenvalue weighted by Crippen LogP contribution is -2.34. The Morgan fingerprint density at radius 1 is 1.00 bits per heavy atom. The highest BCUT2D eigenvalue weighted by Crippen LogP contribution is 2.24. The van der Waals surface area contributed by atoms with Crippen LogP contribution in [0.3, 0.4) is 0 Å². The van der Waals surface area contributed by atoms with Crippen molar-refractivity contribution in [1.29, 1.82) is 0 Å². The van der Waals surface area contributed by atoms with Crippen molar-refractivity contribution in [1.82, 2.24) is 4.90 Å². The van der Waals surface area contributed by atoms with Crippen LogP contribution in [-0.2, 0) is 9.84 Å². The summed E-state index contributed by atoms with van der Waals surface area (Å²) in [5.74, 6) is -3.73. The molecule has 0 spiro atoms. The van der Waals surface area contributed by atoms with E-state index in [1.54, 1.807) is 4.90 Å². The fourth-order valence-corrected chi connectivity index (χ4v) is 3.56. The number of alkyl halides is 2. The molecule has 2 aromatic carbocycles. The van der Waals surface area contributed by atoms with Crippen LogP contribution in [0.25, 0.3) is 5.57 Å². The topological polar surface area (TPSA) is 54.5 Å². The Hall–Kier alpha value is -2.54. The van der Waals surface area contributed by atoms with E-state index in [0.717, 1.165) is 17.7 Å². The third kappa shape index (κ3) is 3.67. The Labute approximate surface area is 150 Å². The smallest absolute Gasteiger partial charge is 0.335 e. The molecular weight excluding hydrogens is 360 g/mol. The number of carbonyl (C=O) groups excluding carboxylic acids is 1. The number of benzene rings is 2. The minimum atomic E-state index is -4.65. The van der Waals surface area contributed by atoms with Gasteiger partial charge in [-0.1, -0.05) is 36.4 Å². The second kappa shape index (κ2) is 7.37. The number of halogens is 2. The maximum absolute atomic E-state index is 12.6. The highest BCUT2D eigenvalue weighted by atomic mass is 32.2. The van der Waals surface area contributed by atoms with Crippen molar-refractivity contribution in [3.63, 3.8) is 0 Å². The maximum Gasteiger partial charge on any atom is 0.341 e. The summed E-state index contributed by atoms with van der Waals surface area (Å²) >= 11 is 0. The second-order valence-electron chi connectivity index (χ2n) is 5.93. The summed E-state index contributed by atoms with van der Waals surface area (Å²) in [7, 11) is -4.65. The van der Waals surface area contributed by atoms with E-state index < -0.39 is 20.5 Å². The van der Waals surface area contributed by atoms with Crippen LogP contribution in [0.5, 0.6) is 0 Å². The lowest BCUT2D eigenvalue weighted by Gasteiger charge is -2.27. The Kier molecular flexibility index (Phi) is 5.18. The van der Waals surface area contributed by atoms with E-state index in [0.29, 0.717) is 19.5 Å². The van der Waals surface area contributed by atoms with Crippen molar-refractivity contribution in [2.75, 3.05) is 13.1 Å². The van der Waals surface area contributed by atoms with Crippen LogP contribution in [0, 0.1) is 0 Å². The zero-order chi connectivity index (χ0) is 18.7. The van der Waals surface area contributed by atoms with Crippen LogP contribution in [0.2, 0.25) is 0 Å². The molecule has 7 heteroatoms. The van der Waals surface area contributed by atoms with Gasteiger partial charge < -0.3 is 4.90 Å². The molecule has 3 rings (SSSR count). The van der Waals surface area contributed by atoms with Gasteiger partial charge >= 0.3 is 5.76 Å². The Balaban J connectivity index is 1.72. The van der Waals surface area contributed by atoms with Crippen molar-refractivity contribution in [2.45, 2.75) is 17.1 Å².